The molecule has 0 bridgehead atoms. The first-order valence-electron chi connectivity index (χ1n) is 5.99. The van der Waals surface area contributed by atoms with Gasteiger partial charge in [0.1, 0.15) is 0 Å². The van der Waals surface area contributed by atoms with Crippen molar-refractivity contribution >= 4 is 22.2 Å². The molecule has 0 aliphatic carbocycles. The lowest BCUT2D eigenvalue weighted by molar-refractivity contribution is 1.33. The highest BCUT2D eigenvalue weighted by Crippen LogP contribution is 2.27. The summed E-state index contributed by atoms with van der Waals surface area (Å²) in [7, 11) is 0. The average molecular weight is 267 g/mol. The van der Waals surface area contributed by atoms with Crippen LogP contribution in [-0.4, -0.2) is 4.98 Å². The molecule has 0 fully saturated rings. The third-order valence-electron chi connectivity index (χ3n) is 2.75. The third-order valence-corrected chi connectivity index (χ3v) is 3.44. The van der Waals surface area contributed by atoms with Crippen LogP contribution in [0.15, 0.2) is 66.2 Å². The number of aromatic nitrogens is 1. The highest BCUT2D eigenvalue weighted by Gasteiger charge is 2.03. The normalized spacial score (nSPS) is 10.1. The van der Waals surface area contributed by atoms with Gasteiger partial charge in [0, 0.05) is 17.1 Å². The first-order chi connectivity index (χ1) is 9.43. The van der Waals surface area contributed by atoms with Crippen LogP contribution >= 0.6 is 11.3 Å². The predicted molar refractivity (Wildman–Crippen MR) is 81.2 cm³/mol. The van der Waals surface area contributed by atoms with E-state index < -0.39 is 0 Å². The summed E-state index contributed by atoms with van der Waals surface area (Å²) in [6, 6.07) is 18.5. The van der Waals surface area contributed by atoms with Crippen LogP contribution in [0.25, 0.3) is 11.1 Å². The van der Waals surface area contributed by atoms with Crippen LogP contribution in [-0.2, 0) is 0 Å². The zero-order chi connectivity index (χ0) is 12.9. The van der Waals surface area contributed by atoms with Gasteiger partial charge in [-0.05, 0) is 11.6 Å². The SMILES string of the molecule is c1ccc(-c2ccccc2NNc2nccs2)cc1. The molecule has 0 unspecified atom stereocenters. The number of anilines is 2. The Labute approximate surface area is 115 Å². The molecule has 19 heavy (non-hydrogen) atoms. The summed E-state index contributed by atoms with van der Waals surface area (Å²) in [5.41, 5.74) is 9.70. The van der Waals surface area contributed by atoms with Crippen LogP contribution in [0.1, 0.15) is 0 Å². The van der Waals surface area contributed by atoms with Crippen LogP contribution < -0.4 is 10.9 Å². The quantitative estimate of drug-likeness (QED) is 0.694. The lowest BCUT2D eigenvalue weighted by Crippen LogP contribution is -2.09. The third kappa shape index (κ3) is 2.74. The van der Waals surface area contributed by atoms with Crippen molar-refractivity contribution in [2.75, 3.05) is 10.9 Å². The van der Waals surface area contributed by atoms with E-state index in [1.54, 1.807) is 17.5 Å². The summed E-state index contributed by atoms with van der Waals surface area (Å²) in [5, 5.41) is 2.79. The van der Waals surface area contributed by atoms with E-state index in [0.29, 0.717) is 0 Å². The van der Waals surface area contributed by atoms with Gasteiger partial charge in [-0.1, -0.05) is 48.5 Å². The molecular formula is C15H13N3S. The van der Waals surface area contributed by atoms with Crippen molar-refractivity contribution in [3.63, 3.8) is 0 Å². The first-order valence-corrected chi connectivity index (χ1v) is 6.87. The topological polar surface area (TPSA) is 37.0 Å². The van der Waals surface area contributed by atoms with E-state index in [0.717, 1.165) is 16.4 Å². The number of nitrogens with one attached hydrogen (secondary N) is 2. The zero-order valence-corrected chi connectivity index (χ0v) is 11.0. The highest BCUT2D eigenvalue weighted by molar-refractivity contribution is 7.13. The number of hydrogen-bond donors (Lipinski definition) is 2. The van der Waals surface area contributed by atoms with E-state index in [-0.39, 0.29) is 0 Å². The van der Waals surface area contributed by atoms with E-state index in [1.165, 1.54) is 5.56 Å². The Kier molecular flexibility index (Phi) is 3.42. The Morgan fingerprint density at radius 3 is 2.42 bits per heavy atom. The van der Waals surface area contributed by atoms with Gasteiger partial charge in [-0.15, -0.1) is 11.3 Å². The highest BCUT2D eigenvalue weighted by atomic mass is 32.1. The molecule has 4 heteroatoms. The Morgan fingerprint density at radius 2 is 1.63 bits per heavy atom. The molecule has 0 aliphatic heterocycles. The van der Waals surface area contributed by atoms with Gasteiger partial charge < -0.3 is 0 Å². The van der Waals surface area contributed by atoms with Crippen LogP contribution in [0.3, 0.4) is 0 Å². The Hall–Kier alpha value is -2.33. The molecule has 94 valence electrons. The molecule has 1 aromatic heterocycles. The van der Waals surface area contributed by atoms with Crippen molar-refractivity contribution in [1.82, 2.24) is 4.98 Å². The minimum absolute atomic E-state index is 0.850. The molecule has 0 saturated carbocycles. The lowest BCUT2D eigenvalue weighted by atomic mass is 10.0. The smallest absolute Gasteiger partial charge is 0.201 e. The van der Waals surface area contributed by atoms with Gasteiger partial charge in [0.25, 0.3) is 0 Å². The Morgan fingerprint density at radius 1 is 0.842 bits per heavy atom. The summed E-state index contributed by atoms with van der Waals surface area (Å²) in [6.07, 6.45) is 1.78. The number of nitrogens with zero attached hydrogens (tertiary/aromatic N) is 1. The molecule has 0 amide bonds. The fourth-order valence-corrected chi connectivity index (χ4v) is 2.35. The zero-order valence-electron chi connectivity index (χ0n) is 10.2. The summed E-state index contributed by atoms with van der Waals surface area (Å²) in [5.74, 6) is 0. The molecule has 1 heterocycles. The maximum Gasteiger partial charge on any atom is 0.201 e. The minimum atomic E-state index is 0.850. The summed E-state index contributed by atoms with van der Waals surface area (Å²) in [6.45, 7) is 0. The van der Waals surface area contributed by atoms with Crippen LogP contribution in [0.2, 0.25) is 0 Å². The van der Waals surface area contributed by atoms with Crippen molar-refractivity contribution < 1.29 is 0 Å². The van der Waals surface area contributed by atoms with Crippen molar-refractivity contribution in [3.8, 4) is 11.1 Å². The molecule has 0 aliphatic rings. The monoisotopic (exact) mass is 267 g/mol. The van der Waals surface area contributed by atoms with Crippen molar-refractivity contribution in [3.05, 3.63) is 66.2 Å². The minimum Gasteiger partial charge on any atom is -0.298 e. The summed E-state index contributed by atoms with van der Waals surface area (Å²) >= 11 is 1.56. The summed E-state index contributed by atoms with van der Waals surface area (Å²) < 4.78 is 0. The molecule has 3 nitrogen and oxygen atoms in total. The second kappa shape index (κ2) is 5.54. The number of benzene rings is 2. The van der Waals surface area contributed by atoms with Crippen LogP contribution in [0.5, 0.6) is 0 Å². The molecular weight excluding hydrogens is 254 g/mol. The molecule has 2 N–H and O–H groups in total. The second-order valence-corrected chi connectivity index (χ2v) is 4.89. The van der Waals surface area contributed by atoms with E-state index in [2.05, 4.69) is 34.0 Å². The van der Waals surface area contributed by atoms with Crippen molar-refractivity contribution in [2.24, 2.45) is 0 Å². The largest absolute Gasteiger partial charge is 0.298 e. The number of hydrogen-bond acceptors (Lipinski definition) is 4. The Bertz CT molecular complexity index is 636. The summed E-state index contributed by atoms with van der Waals surface area (Å²) in [4.78, 5) is 4.18. The van der Waals surface area contributed by atoms with E-state index in [4.69, 9.17) is 0 Å². The lowest BCUT2D eigenvalue weighted by Gasteiger charge is -2.12. The van der Waals surface area contributed by atoms with Gasteiger partial charge in [0.2, 0.25) is 5.13 Å². The number of para-hydroxylation sites is 1. The van der Waals surface area contributed by atoms with E-state index in [9.17, 15) is 0 Å². The van der Waals surface area contributed by atoms with Crippen molar-refractivity contribution in [1.29, 1.82) is 0 Å². The van der Waals surface area contributed by atoms with Crippen LogP contribution in [0.4, 0.5) is 10.8 Å². The molecule has 0 radical (unpaired) electrons. The number of hydrazine groups is 1. The molecule has 3 rings (SSSR count). The van der Waals surface area contributed by atoms with Gasteiger partial charge in [-0.25, -0.2) is 4.98 Å². The maximum absolute atomic E-state index is 4.18. The standard InChI is InChI=1S/C15H13N3S/c1-2-6-12(7-3-1)13-8-4-5-9-14(13)17-18-15-16-10-11-19-15/h1-11,17H,(H,16,18). The molecule has 0 spiro atoms. The molecule has 0 saturated heterocycles. The predicted octanol–water partition coefficient (Wildman–Crippen LogP) is 4.25. The van der Waals surface area contributed by atoms with Gasteiger partial charge in [0.15, 0.2) is 0 Å². The van der Waals surface area contributed by atoms with Gasteiger partial charge in [0.05, 0.1) is 5.69 Å². The fourth-order valence-electron chi connectivity index (χ4n) is 1.87. The van der Waals surface area contributed by atoms with Gasteiger partial charge >= 0.3 is 0 Å². The molecule has 3 aromatic rings. The molecule has 0 atom stereocenters. The fraction of sp³-hybridized carbons (Fsp3) is 0. The first kappa shape index (κ1) is 11.7. The Balaban J connectivity index is 1.85. The van der Waals surface area contributed by atoms with Gasteiger partial charge in [-0.3, -0.25) is 10.9 Å². The maximum atomic E-state index is 4.18. The van der Waals surface area contributed by atoms with E-state index >= 15 is 0 Å². The molecule has 2 aromatic carbocycles. The van der Waals surface area contributed by atoms with Crippen molar-refractivity contribution in [2.45, 2.75) is 0 Å². The van der Waals surface area contributed by atoms with Crippen LogP contribution in [0, 0.1) is 0 Å². The van der Waals surface area contributed by atoms with E-state index in [1.807, 2.05) is 41.8 Å². The number of rotatable bonds is 4. The number of thiazole rings is 1. The van der Waals surface area contributed by atoms with Gasteiger partial charge in [-0.2, -0.15) is 0 Å². The average Bonchev–Trinajstić information content (AvgIpc) is 3.00. The second-order valence-electron chi connectivity index (χ2n) is 4.00.